The first-order chi connectivity index (χ1) is 25.6. The number of ether oxygens (including phenoxy) is 1. The summed E-state index contributed by atoms with van der Waals surface area (Å²) in [4.78, 5) is 34.1. The first kappa shape index (κ1) is 35.7. The van der Waals surface area contributed by atoms with Crippen LogP contribution in [0.2, 0.25) is 0 Å². The van der Waals surface area contributed by atoms with Crippen molar-refractivity contribution in [2.75, 3.05) is 31.1 Å². The summed E-state index contributed by atoms with van der Waals surface area (Å²) in [7, 11) is 0. The quantitative estimate of drug-likeness (QED) is 0.135. The Kier molecular flexibility index (Phi) is 9.90. The Bertz CT molecular complexity index is 2250. The van der Waals surface area contributed by atoms with Crippen molar-refractivity contribution in [1.29, 1.82) is 0 Å². The number of halogens is 3. The van der Waals surface area contributed by atoms with Crippen LogP contribution in [0.3, 0.4) is 0 Å². The predicted molar refractivity (Wildman–Crippen MR) is 196 cm³/mol. The molecule has 0 aliphatic carbocycles. The molecule has 2 saturated heterocycles. The van der Waals surface area contributed by atoms with Crippen molar-refractivity contribution < 1.29 is 27.8 Å². The van der Waals surface area contributed by atoms with Crippen LogP contribution in [-0.4, -0.2) is 79.8 Å². The first-order valence-corrected chi connectivity index (χ1v) is 17.4. The zero-order valence-electron chi connectivity index (χ0n) is 29.2. The highest BCUT2D eigenvalue weighted by molar-refractivity contribution is 6.03. The fourth-order valence-electron chi connectivity index (χ4n) is 7.44. The molecule has 0 spiro atoms. The topological polar surface area (TPSA) is 117 Å². The van der Waals surface area contributed by atoms with Crippen molar-refractivity contribution in [3.63, 3.8) is 0 Å². The predicted octanol–water partition coefficient (Wildman–Crippen LogP) is 6.25. The third-order valence-electron chi connectivity index (χ3n) is 10.1. The number of amides is 1. The number of carbonyl (C=O) groups excluding carboxylic acids is 1. The van der Waals surface area contributed by atoms with E-state index < -0.39 is 23.3 Å². The third kappa shape index (κ3) is 7.19. The van der Waals surface area contributed by atoms with E-state index in [2.05, 4.69) is 32.8 Å². The molecule has 7 rings (SSSR count). The van der Waals surface area contributed by atoms with Crippen LogP contribution >= 0.6 is 0 Å². The molecule has 2 aliphatic heterocycles. The molecule has 5 heterocycles. The zero-order valence-corrected chi connectivity index (χ0v) is 29.2. The number of nitrogens with zero attached hydrogens (tertiary/aromatic N) is 6. The molecule has 3 atom stereocenters. The van der Waals surface area contributed by atoms with Gasteiger partial charge in [0.25, 0.3) is 0 Å². The molecule has 0 bridgehead atoms. The van der Waals surface area contributed by atoms with Gasteiger partial charge in [-0.15, -0.1) is 6.42 Å². The number of rotatable bonds is 9. The molecule has 10 nitrogen and oxygen atoms in total. The number of fused-ring (bicyclic) bond motifs is 2. The van der Waals surface area contributed by atoms with Gasteiger partial charge in [-0.1, -0.05) is 18.6 Å². The molecule has 2 fully saturated rings. The largest absolute Gasteiger partial charge is 0.508 e. The fraction of sp³-hybridized carbons (Fsp3) is 0.325. The van der Waals surface area contributed by atoms with E-state index >= 15 is 4.39 Å². The average molecular weight is 722 g/mol. The second-order valence-corrected chi connectivity index (χ2v) is 13.8. The first-order valence-electron chi connectivity index (χ1n) is 17.4. The number of carbonyl (C=O) groups is 1. The normalized spacial score (nSPS) is 20.6. The smallest absolute Gasteiger partial charge is 0.319 e. The molecule has 2 N–H and O–H groups in total. The van der Waals surface area contributed by atoms with Crippen LogP contribution in [-0.2, 0) is 11.3 Å². The Morgan fingerprint density at radius 3 is 2.77 bits per heavy atom. The molecule has 2 aliphatic rings. The molecule has 272 valence electrons. The minimum absolute atomic E-state index is 0.00300. The van der Waals surface area contributed by atoms with Crippen molar-refractivity contribution in [2.24, 2.45) is 0 Å². The second-order valence-electron chi connectivity index (χ2n) is 13.8. The zero-order chi connectivity index (χ0) is 37.3. The van der Waals surface area contributed by atoms with Crippen LogP contribution < -0.4 is 15.0 Å². The summed E-state index contributed by atoms with van der Waals surface area (Å²) in [6, 6.07) is 8.71. The van der Waals surface area contributed by atoms with Gasteiger partial charge in [0.15, 0.2) is 5.82 Å². The van der Waals surface area contributed by atoms with E-state index in [-0.39, 0.29) is 76.4 Å². The Morgan fingerprint density at radius 1 is 1.19 bits per heavy atom. The van der Waals surface area contributed by atoms with E-state index in [0.717, 1.165) is 18.4 Å². The lowest BCUT2D eigenvalue weighted by Gasteiger charge is -2.34. The van der Waals surface area contributed by atoms with E-state index in [9.17, 15) is 18.7 Å². The van der Waals surface area contributed by atoms with Gasteiger partial charge in [0.05, 0.1) is 16.5 Å². The third-order valence-corrected chi connectivity index (χ3v) is 10.1. The minimum atomic E-state index is -1.08. The number of hydrogen-bond donors (Lipinski definition) is 2. The molecule has 2 aromatic carbocycles. The van der Waals surface area contributed by atoms with Gasteiger partial charge >= 0.3 is 6.01 Å². The molecule has 13 heteroatoms. The highest BCUT2D eigenvalue weighted by atomic mass is 19.1. The number of terminal acetylenes is 1. The van der Waals surface area contributed by atoms with Crippen molar-refractivity contribution in [2.45, 2.75) is 56.9 Å². The summed E-state index contributed by atoms with van der Waals surface area (Å²) in [6.45, 7) is 7.06. The van der Waals surface area contributed by atoms with E-state index in [1.54, 1.807) is 12.4 Å². The van der Waals surface area contributed by atoms with Crippen molar-refractivity contribution >= 4 is 33.4 Å². The van der Waals surface area contributed by atoms with Gasteiger partial charge in [-0.25, -0.2) is 13.2 Å². The molecular formula is C40H38F3N7O3. The summed E-state index contributed by atoms with van der Waals surface area (Å²) in [5, 5.41) is 14.5. The maximum Gasteiger partial charge on any atom is 0.319 e. The van der Waals surface area contributed by atoms with Gasteiger partial charge in [0.1, 0.15) is 41.4 Å². The SMILES string of the molecule is C#Cc1c(F)ccc2cc(O)cc(-c3ncc4c(N5CCCCC(NC(=O)C=C)C5)nc(OC[C@]5(C)C[C@@H](F)CN5Cc5ccncc5)nc4c3F)c12. The highest BCUT2D eigenvalue weighted by Gasteiger charge is 2.43. The van der Waals surface area contributed by atoms with E-state index in [1.165, 1.54) is 36.5 Å². The Labute approximate surface area is 304 Å². The summed E-state index contributed by atoms with van der Waals surface area (Å²) in [5.74, 6) is 0.650. The fourth-order valence-corrected chi connectivity index (χ4v) is 7.44. The van der Waals surface area contributed by atoms with E-state index in [0.29, 0.717) is 37.3 Å². The number of aromatic hydroxyl groups is 1. The molecule has 53 heavy (non-hydrogen) atoms. The summed E-state index contributed by atoms with van der Waals surface area (Å²) >= 11 is 0. The van der Waals surface area contributed by atoms with Gasteiger partial charge in [0.2, 0.25) is 5.91 Å². The summed E-state index contributed by atoms with van der Waals surface area (Å²) < 4.78 is 53.2. The van der Waals surface area contributed by atoms with Gasteiger partial charge in [0, 0.05) is 68.2 Å². The van der Waals surface area contributed by atoms with Gasteiger partial charge < -0.3 is 20.1 Å². The van der Waals surface area contributed by atoms with Crippen molar-refractivity contribution in [3.8, 4) is 35.4 Å². The Balaban J connectivity index is 1.33. The number of nitrogens with one attached hydrogen (secondary N) is 1. The van der Waals surface area contributed by atoms with Gasteiger partial charge in [-0.3, -0.25) is 19.7 Å². The molecule has 1 amide bonds. The lowest BCUT2D eigenvalue weighted by molar-refractivity contribution is -0.117. The lowest BCUT2D eigenvalue weighted by Crippen LogP contribution is -2.45. The van der Waals surface area contributed by atoms with Crippen LogP contribution in [0.25, 0.3) is 32.9 Å². The van der Waals surface area contributed by atoms with Crippen LogP contribution in [0.1, 0.15) is 43.7 Å². The number of anilines is 1. The number of phenolic OH excluding ortho intramolecular Hbond substituents is 1. The van der Waals surface area contributed by atoms with Crippen LogP contribution in [0, 0.1) is 24.0 Å². The standard InChI is InChI=1S/C40H38F3N7O3/c1-4-29-32(42)10-9-25-16-28(51)17-30(34(25)29)36-35(43)37-31(19-45-36)38(49-15-7-6-8-27(22-49)46-33(52)5-2)48-39(47-37)53-23-40(3)18-26(41)21-50(40)20-24-11-13-44-14-12-24/h1,5,9-14,16-17,19,26-27,51H,2,6-8,15,18,20-23H2,3H3,(H,46,52)/t26-,27?,40+/m1/s1. The van der Waals surface area contributed by atoms with Gasteiger partial charge in [-0.2, -0.15) is 9.97 Å². The Hall–Kier alpha value is -5.74. The summed E-state index contributed by atoms with van der Waals surface area (Å²) in [6.07, 6.45) is 13.2. The molecule has 5 aromatic rings. The summed E-state index contributed by atoms with van der Waals surface area (Å²) in [5.41, 5.74) is -0.143. The maximum absolute atomic E-state index is 17.0. The van der Waals surface area contributed by atoms with Crippen molar-refractivity contribution in [1.82, 2.24) is 30.2 Å². The number of hydrogen-bond acceptors (Lipinski definition) is 9. The molecule has 0 saturated carbocycles. The number of benzene rings is 2. The maximum atomic E-state index is 17.0. The average Bonchev–Trinajstić information content (AvgIpc) is 3.27. The van der Waals surface area contributed by atoms with E-state index in [1.807, 2.05) is 28.9 Å². The number of pyridine rings is 2. The van der Waals surface area contributed by atoms with Crippen molar-refractivity contribution in [3.05, 3.63) is 90.4 Å². The molecule has 1 unspecified atom stereocenters. The molecular weight excluding hydrogens is 683 g/mol. The minimum Gasteiger partial charge on any atom is -0.508 e. The molecule has 3 aromatic heterocycles. The number of phenols is 1. The van der Waals surface area contributed by atoms with Crippen LogP contribution in [0.15, 0.2) is 67.6 Å². The Morgan fingerprint density at radius 2 is 2.00 bits per heavy atom. The number of likely N-dealkylation sites (tertiary alicyclic amines) is 1. The van der Waals surface area contributed by atoms with Crippen LogP contribution in [0.5, 0.6) is 11.8 Å². The molecule has 0 radical (unpaired) electrons. The highest BCUT2D eigenvalue weighted by Crippen LogP contribution is 2.39. The monoisotopic (exact) mass is 721 g/mol. The second kappa shape index (κ2) is 14.7. The number of alkyl halides is 1. The lowest BCUT2D eigenvalue weighted by atomic mass is 9.96. The number of aromatic nitrogens is 4. The van der Waals surface area contributed by atoms with Crippen LogP contribution in [0.4, 0.5) is 19.0 Å². The van der Waals surface area contributed by atoms with Gasteiger partial charge in [-0.05, 0) is 73.5 Å². The van der Waals surface area contributed by atoms with E-state index in [4.69, 9.17) is 16.1 Å².